The number of esters is 2. The highest BCUT2D eigenvalue weighted by Crippen LogP contribution is 2.45. The van der Waals surface area contributed by atoms with Gasteiger partial charge in [-0.3, -0.25) is 24.1 Å². The van der Waals surface area contributed by atoms with Gasteiger partial charge in [-0.1, -0.05) is 53.3 Å². The molecule has 1 atom stereocenters. The van der Waals surface area contributed by atoms with Crippen molar-refractivity contribution in [3.63, 3.8) is 0 Å². The van der Waals surface area contributed by atoms with Gasteiger partial charge in [0.05, 0.1) is 43.4 Å². The van der Waals surface area contributed by atoms with Crippen LogP contribution in [0.2, 0.25) is 20.1 Å². The van der Waals surface area contributed by atoms with Crippen LogP contribution in [0, 0.1) is 5.92 Å². The van der Waals surface area contributed by atoms with Gasteiger partial charge in [0.1, 0.15) is 11.5 Å². The van der Waals surface area contributed by atoms with E-state index in [4.69, 9.17) is 55.9 Å². The number of benzene rings is 1. The molecule has 0 saturated carbocycles. The molecule has 1 aromatic heterocycles. The standard InChI is InChI=1S/C24H20Cl4N2O7S/c1-3-36-24(35)14-10-5-4-9(2)6-11(10)38-21(14)29-12(31)8-37-13(32)7-30-22(33)15-16(23(30)34)18(26)20(28)19(27)17(15)25/h9H,3-8H2,1-2H3,(H,29,31). The average Bonchev–Trinajstić information content (AvgIpc) is 3.34. The van der Waals surface area contributed by atoms with Crippen LogP contribution in [0.3, 0.4) is 0 Å². The van der Waals surface area contributed by atoms with Crippen LogP contribution in [0.1, 0.15) is 61.8 Å². The zero-order chi connectivity index (χ0) is 27.9. The van der Waals surface area contributed by atoms with E-state index >= 15 is 0 Å². The molecule has 9 nitrogen and oxygen atoms in total. The van der Waals surface area contributed by atoms with Crippen LogP contribution in [-0.4, -0.2) is 54.3 Å². The zero-order valence-electron chi connectivity index (χ0n) is 20.0. The molecule has 2 heterocycles. The first kappa shape index (κ1) is 28.6. The Hall–Kier alpha value is -2.37. The number of nitrogens with one attached hydrogen (secondary N) is 1. The van der Waals surface area contributed by atoms with Gasteiger partial charge in [0.25, 0.3) is 17.7 Å². The molecule has 1 unspecified atom stereocenters. The largest absolute Gasteiger partial charge is 0.462 e. The number of carbonyl (C=O) groups is 5. The molecule has 1 aromatic carbocycles. The first-order valence-electron chi connectivity index (χ1n) is 11.4. The monoisotopic (exact) mass is 620 g/mol. The lowest BCUT2D eigenvalue weighted by atomic mass is 9.88. The Labute approximate surface area is 241 Å². The Kier molecular flexibility index (Phi) is 8.59. The number of halogens is 4. The molecule has 202 valence electrons. The van der Waals surface area contributed by atoms with Crippen LogP contribution in [0.5, 0.6) is 0 Å². The van der Waals surface area contributed by atoms with E-state index in [9.17, 15) is 24.0 Å². The fourth-order valence-corrected chi connectivity index (χ4v) is 6.71. The molecule has 0 bridgehead atoms. The first-order valence-corrected chi connectivity index (χ1v) is 13.8. The van der Waals surface area contributed by atoms with Gasteiger partial charge in [0.15, 0.2) is 6.61 Å². The molecule has 0 saturated heterocycles. The molecule has 0 spiro atoms. The summed E-state index contributed by atoms with van der Waals surface area (Å²) < 4.78 is 10.2. The number of carbonyl (C=O) groups excluding carboxylic acids is 5. The number of fused-ring (bicyclic) bond motifs is 2. The van der Waals surface area contributed by atoms with Crippen molar-refractivity contribution in [2.24, 2.45) is 5.92 Å². The Bertz CT molecular complexity index is 1340. The molecule has 38 heavy (non-hydrogen) atoms. The van der Waals surface area contributed by atoms with Gasteiger partial charge in [-0.2, -0.15) is 0 Å². The molecule has 4 rings (SSSR count). The average molecular weight is 622 g/mol. The number of rotatable bonds is 7. The highest BCUT2D eigenvalue weighted by molar-refractivity contribution is 7.17. The van der Waals surface area contributed by atoms with Gasteiger partial charge >= 0.3 is 11.9 Å². The summed E-state index contributed by atoms with van der Waals surface area (Å²) in [6.45, 7) is 2.46. The lowest BCUT2D eigenvalue weighted by Gasteiger charge is -2.18. The van der Waals surface area contributed by atoms with E-state index in [1.54, 1.807) is 6.92 Å². The van der Waals surface area contributed by atoms with Gasteiger partial charge in [-0.25, -0.2) is 4.79 Å². The lowest BCUT2D eigenvalue weighted by Crippen LogP contribution is -2.36. The maximum absolute atomic E-state index is 12.8. The minimum absolute atomic E-state index is 0.178. The highest BCUT2D eigenvalue weighted by Gasteiger charge is 2.42. The van der Waals surface area contributed by atoms with E-state index in [1.807, 2.05) is 0 Å². The van der Waals surface area contributed by atoms with Crippen molar-refractivity contribution in [2.75, 3.05) is 25.1 Å². The number of anilines is 1. The van der Waals surface area contributed by atoms with Crippen molar-refractivity contribution in [3.05, 3.63) is 47.2 Å². The second-order valence-corrected chi connectivity index (χ2v) is 11.3. The number of amides is 3. The van der Waals surface area contributed by atoms with Crippen molar-refractivity contribution >= 4 is 92.4 Å². The fourth-order valence-electron chi connectivity index (χ4n) is 4.28. The van der Waals surface area contributed by atoms with Crippen LogP contribution in [0.25, 0.3) is 0 Å². The van der Waals surface area contributed by atoms with E-state index in [2.05, 4.69) is 12.2 Å². The Morgan fingerprint density at radius 2 is 1.61 bits per heavy atom. The highest BCUT2D eigenvalue weighted by atomic mass is 35.5. The maximum atomic E-state index is 12.8. The summed E-state index contributed by atoms with van der Waals surface area (Å²) in [5.74, 6) is -3.65. The number of ether oxygens (including phenoxy) is 2. The van der Waals surface area contributed by atoms with E-state index in [1.165, 1.54) is 11.3 Å². The molecule has 2 aliphatic rings. The second-order valence-electron chi connectivity index (χ2n) is 8.69. The third-order valence-corrected chi connectivity index (χ3v) is 9.05. The first-order chi connectivity index (χ1) is 18.0. The van der Waals surface area contributed by atoms with Crippen LogP contribution < -0.4 is 5.32 Å². The van der Waals surface area contributed by atoms with Gasteiger partial charge in [0.2, 0.25) is 0 Å². The van der Waals surface area contributed by atoms with Crippen molar-refractivity contribution in [1.82, 2.24) is 4.90 Å². The summed E-state index contributed by atoms with van der Waals surface area (Å²) >= 11 is 25.4. The third kappa shape index (κ3) is 5.24. The third-order valence-electron chi connectivity index (χ3n) is 6.08. The van der Waals surface area contributed by atoms with Crippen LogP contribution >= 0.6 is 57.7 Å². The van der Waals surface area contributed by atoms with Crippen molar-refractivity contribution < 1.29 is 33.4 Å². The molecule has 0 fully saturated rings. The number of imide groups is 1. The zero-order valence-corrected chi connectivity index (χ0v) is 23.9. The fraction of sp³-hybridized carbons (Fsp3) is 0.375. The maximum Gasteiger partial charge on any atom is 0.341 e. The molecular weight excluding hydrogens is 602 g/mol. The van der Waals surface area contributed by atoms with Crippen molar-refractivity contribution in [3.8, 4) is 0 Å². The predicted molar refractivity (Wildman–Crippen MR) is 143 cm³/mol. The lowest BCUT2D eigenvalue weighted by molar-refractivity contribution is -0.147. The molecule has 14 heteroatoms. The SMILES string of the molecule is CCOC(=O)c1c(NC(=O)COC(=O)CN2C(=O)c3c(Cl)c(Cl)c(Cl)c(Cl)c3C2=O)sc2c1CCC(C)C2. The van der Waals surface area contributed by atoms with Crippen LogP contribution in [-0.2, 0) is 31.9 Å². The Balaban J connectivity index is 1.42. The van der Waals surface area contributed by atoms with Gasteiger partial charge in [0, 0.05) is 4.88 Å². The summed E-state index contributed by atoms with van der Waals surface area (Å²) in [7, 11) is 0. The molecule has 2 aromatic rings. The normalized spacial score (nSPS) is 16.3. The van der Waals surface area contributed by atoms with Gasteiger partial charge in [-0.15, -0.1) is 11.3 Å². The molecule has 1 aliphatic carbocycles. The van der Waals surface area contributed by atoms with Crippen LogP contribution in [0.15, 0.2) is 0 Å². The number of hydrogen-bond donors (Lipinski definition) is 1. The van der Waals surface area contributed by atoms with E-state index < -0.39 is 42.8 Å². The van der Waals surface area contributed by atoms with Gasteiger partial charge in [-0.05, 0) is 37.7 Å². The second kappa shape index (κ2) is 11.4. The van der Waals surface area contributed by atoms with Crippen molar-refractivity contribution in [1.29, 1.82) is 0 Å². The smallest absolute Gasteiger partial charge is 0.341 e. The summed E-state index contributed by atoms with van der Waals surface area (Å²) in [6, 6.07) is 0. The minimum Gasteiger partial charge on any atom is -0.462 e. The van der Waals surface area contributed by atoms with Crippen molar-refractivity contribution in [2.45, 2.75) is 33.1 Å². The summed E-state index contributed by atoms with van der Waals surface area (Å²) in [5.41, 5.74) is 0.630. The summed E-state index contributed by atoms with van der Waals surface area (Å²) in [6.07, 6.45) is 2.38. The molecular formula is C24H20Cl4N2O7S. The Morgan fingerprint density at radius 3 is 2.18 bits per heavy atom. The molecule has 1 aliphatic heterocycles. The molecule has 0 radical (unpaired) electrons. The molecule has 1 N–H and O–H groups in total. The summed E-state index contributed by atoms with van der Waals surface area (Å²) in [4.78, 5) is 64.7. The van der Waals surface area contributed by atoms with Crippen LogP contribution in [0.4, 0.5) is 5.00 Å². The Morgan fingerprint density at radius 1 is 1.00 bits per heavy atom. The van der Waals surface area contributed by atoms with E-state index in [-0.39, 0.29) is 37.8 Å². The quantitative estimate of drug-likeness (QED) is 0.189. The minimum atomic E-state index is -1.04. The predicted octanol–water partition coefficient (Wildman–Crippen LogP) is 5.44. The molecule has 3 amide bonds. The van der Waals surface area contributed by atoms with E-state index in [0.29, 0.717) is 27.8 Å². The van der Waals surface area contributed by atoms with Gasteiger partial charge < -0.3 is 14.8 Å². The number of thiophene rings is 1. The topological polar surface area (TPSA) is 119 Å². The number of hydrogen-bond acceptors (Lipinski definition) is 8. The summed E-state index contributed by atoms with van der Waals surface area (Å²) in [5, 5.41) is 2.00. The number of nitrogens with zero attached hydrogens (tertiary/aromatic N) is 1. The van der Waals surface area contributed by atoms with E-state index in [0.717, 1.165) is 23.3 Å².